The van der Waals surface area contributed by atoms with Crippen LogP contribution < -0.4 is 5.32 Å². The molecule has 1 aromatic heterocycles. The van der Waals surface area contributed by atoms with Gasteiger partial charge >= 0.3 is 0 Å². The molecule has 0 atom stereocenters. The summed E-state index contributed by atoms with van der Waals surface area (Å²) in [6, 6.07) is 18.2. The maximum Gasteiger partial charge on any atom is 0.266 e. The second-order valence-corrected chi connectivity index (χ2v) is 10.7. The molecule has 172 valence electrons. The Morgan fingerprint density at radius 3 is 2.74 bits per heavy atom. The highest BCUT2D eigenvalue weighted by molar-refractivity contribution is 8.26. The Balaban J connectivity index is 1.36. The number of aryl methyl sites for hydroxylation is 1. The van der Waals surface area contributed by atoms with Crippen molar-refractivity contribution in [3.8, 4) is 0 Å². The van der Waals surface area contributed by atoms with Crippen molar-refractivity contribution >= 4 is 62.7 Å². The van der Waals surface area contributed by atoms with Crippen LogP contribution in [0.2, 0.25) is 0 Å². The number of nitrogens with one attached hydrogen (secondary N) is 1. The van der Waals surface area contributed by atoms with Crippen LogP contribution in [0.25, 0.3) is 6.08 Å². The molecule has 1 N–H and O–H groups in total. The van der Waals surface area contributed by atoms with E-state index in [2.05, 4.69) is 35.4 Å². The van der Waals surface area contributed by atoms with E-state index in [0.29, 0.717) is 14.4 Å². The number of carbonyl (C=O) groups is 2. The van der Waals surface area contributed by atoms with Gasteiger partial charge in [0, 0.05) is 17.5 Å². The van der Waals surface area contributed by atoms with E-state index in [0.717, 1.165) is 22.4 Å². The number of anilines is 1. The molecule has 2 aromatic carbocycles. The highest BCUT2D eigenvalue weighted by Crippen LogP contribution is 2.32. The predicted molar refractivity (Wildman–Crippen MR) is 145 cm³/mol. The Labute approximate surface area is 212 Å². The van der Waals surface area contributed by atoms with Crippen molar-refractivity contribution in [1.82, 2.24) is 9.88 Å². The summed E-state index contributed by atoms with van der Waals surface area (Å²) in [4.78, 5) is 32.7. The van der Waals surface area contributed by atoms with Gasteiger partial charge in [-0.25, -0.2) is 4.98 Å². The first-order chi connectivity index (χ1) is 16.4. The van der Waals surface area contributed by atoms with Gasteiger partial charge in [-0.05, 0) is 36.6 Å². The average molecular weight is 506 g/mol. The molecular weight excluding hydrogens is 483 g/mol. The summed E-state index contributed by atoms with van der Waals surface area (Å²) >= 11 is 8.00. The van der Waals surface area contributed by atoms with Crippen LogP contribution in [0, 0.1) is 6.92 Å². The van der Waals surface area contributed by atoms with Gasteiger partial charge in [-0.1, -0.05) is 90.2 Å². The van der Waals surface area contributed by atoms with E-state index in [-0.39, 0.29) is 18.4 Å². The third-order valence-electron chi connectivity index (χ3n) is 4.99. The Morgan fingerprint density at radius 2 is 1.97 bits per heavy atom. The zero-order valence-electron chi connectivity index (χ0n) is 18.8. The molecule has 1 aliphatic heterocycles. The molecular formula is C26H23N3O2S3. The van der Waals surface area contributed by atoms with Crippen LogP contribution in [0.5, 0.6) is 0 Å². The quantitative estimate of drug-likeness (QED) is 0.323. The van der Waals surface area contributed by atoms with Crippen LogP contribution >= 0.6 is 35.3 Å². The third kappa shape index (κ3) is 6.28. The van der Waals surface area contributed by atoms with Gasteiger partial charge in [0.05, 0.1) is 4.91 Å². The van der Waals surface area contributed by atoms with Crippen LogP contribution in [0.3, 0.4) is 0 Å². The van der Waals surface area contributed by atoms with Crippen molar-refractivity contribution in [2.45, 2.75) is 20.3 Å². The molecule has 2 heterocycles. The molecule has 0 radical (unpaired) electrons. The maximum atomic E-state index is 12.9. The van der Waals surface area contributed by atoms with E-state index in [1.165, 1.54) is 39.1 Å². The van der Waals surface area contributed by atoms with Crippen molar-refractivity contribution in [1.29, 1.82) is 0 Å². The molecule has 1 saturated heterocycles. The fraction of sp³-hybridized carbons (Fsp3) is 0.154. The van der Waals surface area contributed by atoms with Gasteiger partial charge in [0.25, 0.3) is 5.91 Å². The summed E-state index contributed by atoms with van der Waals surface area (Å²) in [6.07, 6.45) is 6.33. The molecule has 1 fully saturated rings. The minimum Gasteiger partial charge on any atom is -0.300 e. The molecule has 2 amide bonds. The molecule has 34 heavy (non-hydrogen) atoms. The number of hydrogen-bond acceptors (Lipinski definition) is 6. The van der Waals surface area contributed by atoms with Gasteiger partial charge in [0.2, 0.25) is 5.91 Å². The van der Waals surface area contributed by atoms with Crippen molar-refractivity contribution < 1.29 is 9.59 Å². The zero-order valence-corrected chi connectivity index (χ0v) is 21.2. The zero-order chi connectivity index (χ0) is 24.1. The first-order valence-corrected chi connectivity index (χ1v) is 12.7. The molecule has 8 heteroatoms. The van der Waals surface area contributed by atoms with Gasteiger partial charge in [0.15, 0.2) is 5.13 Å². The number of thiazole rings is 1. The second-order valence-electron chi connectivity index (χ2n) is 7.91. The standard InChI is InChI=1S/C26H23N3O2S3/c1-17-7-6-10-20(11-17)14-21-15-27-25(33-21)28-23(30)16-29-24(31)22(34-26(29)32)13-18(2)12-19-8-4-3-5-9-19/h3-13,15H,14,16H2,1-2H3,(H,27,28,30)/b18-12+,22-13-. The molecule has 0 saturated carbocycles. The number of thioether (sulfide) groups is 1. The van der Waals surface area contributed by atoms with E-state index in [4.69, 9.17) is 12.2 Å². The fourth-order valence-electron chi connectivity index (χ4n) is 3.47. The fourth-order valence-corrected chi connectivity index (χ4v) is 5.64. The predicted octanol–water partition coefficient (Wildman–Crippen LogP) is 5.83. The molecule has 5 nitrogen and oxygen atoms in total. The minimum absolute atomic E-state index is 0.143. The number of thiocarbonyl (C=S) groups is 1. The SMILES string of the molecule is CC(/C=C1\SC(=S)N(CC(=O)Nc2ncc(Cc3cccc(C)c3)s2)C1=O)=C\c1ccccc1. The molecule has 4 rings (SSSR count). The topological polar surface area (TPSA) is 62.3 Å². The smallest absolute Gasteiger partial charge is 0.266 e. The number of hydrogen-bond donors (Lipinski definition) is 1. The number of carbonyl (C=O) groups excluding carboxylic acids is 2. The second kappa shape index (κ2) is 10.9. The number of allylic oxidation sites excluding steroid dienone is 2. The van der Waals surface area contributed by atoms with Crippen LogP contribution in [0.1, 0.15) is 28.5 Å². The van der Waals surface area contributed by atoms with Crippen molar-refractivity contribution in [2.24, 2.45) is 0 Å². The van der Waals surface area contributed by atoms with E-state index < -0.39 is 0 Å². The third-order valence-corrected chi connectivity index (χ3v) is 7.28. The highest BCUT2D eigenvalue weighted by Gasteiger charge is 2.33. The summed E-state index contributed by atoms with van der Waals surface area (Å²) in [5.74, 6) is -0.587. The molecule has 0 aliphatic carbocycles. The van der Waals surface area contributed by atoms with Crippen LogP contribution in [0.15, 0.2) is 77.3 Å². The minimum atomic E-state index is -0.328. The van der Waals surface area contributed by atoms with E-state index >= 15 is 0 Å². The lowest BCUT2D eigenvalue weighted by atomic mass is 10.1. The van der Waals surface area contributed by atoms with Crippen LogP contribution in [-0.4, -0.2) is 32.6 Å². The van der Waals surface area contributed by atoms with E-state index in [1.807, 2.05) is 55.5 Å². The summed E-state index contributed by atoms with van der Waals surface area (Å²) in [5.41, 5.74) is 4.39. The maximum absolute atomic E-state index is 12.9. The molecule has 0 unspecified atom stereocenters. The average Bonchev–Trinajstić information content (AvgIpc) is 3.33. The van der Waals surface area contributed by atoms with Crippen LogP contribution in [-0.2, 0) is 16.0 Å². The summed E-state index contributed by atoms with van der Waals surface area (Å²) < 4.78 is 0.373. The first-order valence-electron chi connectivity index (χ1n) is 10.7. The van der Waals surface area contributed by atoms with Crippen molar-refractivity contribution in [3.63, 3.8) is 0 Å². The Hall–Kier alpha value is -3.07. The van der Waals surface area contributed by atoms with Gasteiger partial charge in [-0.2, -0.15) is 0 Å². The Morgan fingerprint density at radius 1 is 1.18 bits per heavy atom. The first kappa shape index (κ1) is 24.1. The van der Waals surface area contributed by atoms with Gasteiger partial charge in [0.1, 0.15) is 10.9 Å². The lowest BCUT2D eigenvalue weighted by Gasteiger charge is -2.13. The lowest BCUT2D eigenvalue weighted by Crippen LogP contribution is -2.36. The van der Waals surface area contributed by atoms with Crippen molar-refractivity contribution in [2.75, 3.05) is 11.9 Å². The van der Waals surface area contributed by atoms with Gasteiger partial charge < -0.3 is 5.32 Å². The largest absolute Gasteiger partial charge is 0.300 e. The summed E-state index contributed by atoms with van der Waals surface area (Å²) in [6.45, 7) is 3.85. The van der Waals surface area contributed by atoms with Gasteiger partial charge in [-0.3, -0.25) is 14.5 Å². The van der Waals surface area contributed by atoms with E-state index in [9.17, 15) is 9.59 Å². The number of amides is 2. The summed E-state index contributed by atoms with van der Waals surface area (Å²) in [7, 11) is 0. The Kier molecular flexibility index (Phi) is 7.72. The number of nitrogens with zero attached hydrogens (tertiary/aromatic N) is 2. The number of rotatable bonds is 7. The monoisotopic (exact) mass is 505 g/mol. The molecule has 0 spiro atoms. The van der Waals surface area contributed by atoms with Crippen molar-refractivity contribution in [3.05, 3.63) is 98.9 Å². The molecule has 1 aliphatic rings. The Bertz CT molecular complexity index is 1300. The normalized spacial score (nSPS) is 15.3. The van der Waals surface area contributed by atoms with Gasteiger partial charge in [-0.15, -0.1) is 11.3 Å². The molecule has 3 aromatic rings. The van der Waals surface area contributed by atoms with E-state index in [1.54, 1.807) is 6.20 Å². The lowest BCUT2D eigenvalue weighted by molar-refractivity contribution is -0.126. The van der Waals surface area contributed by atoms with Crippen LogP contribution in [0.4, 0.5) is 5.13 Å². The number of benzene rings is 2. The number of aromatic nitrogens is 1. The molecule has 0 bridgehead atoms. The summed E-state index contributed by atoms with van der Waals surface area (Å²) in [5, 5.41) is 3.30. The highest BCUT2D eigenvalue weighted by atomic mass is 32.2.